The van der Waals surface area contributed by atoms with Crippen molar-refractivity contribution in [1.82, 2.24) is 25.1 Å². The predicted octanol–water partition coefficient (Wildman–Crippen LogP) is 3.11. The first-order valence-electron chi connectivity index (χ1n) is 12.4. The topological polar surface area (TPSA) is 120 Å². The minimum atomic E-state index is -0.616. The molecule has 204 valence electrons. The highest BCUT2D eigenvalue weighted by atomic mass is 19.1. The molecule has 0 bridgehead atoms. The van der Waals surface area contributed by atoms with E-state index in [9.17, 15) is 18.8 Å². The maximum absolute atomic E-state index is 13.3. The van der Waals surface area contributed by atoms with Crippen LogP contribution in [0, 0.1) is 5.82 Å². The molecule has 10 nitrogen and oxygen atoms in total. The molecule has 3 aromatic rings. The van der Waals surface area contributed by atoms with Gasteiger partial charge >= 0.3 is 0 Å². The van der Waals surface area contributed by atoms with Crippen molar-refractivity contribution in [3.63, 3.8) is 0 Å². The molecular formula is C28H31FN6O4. The van der Waals surface area contributed by atoms with E-state index < -0.39 is 11.4 Å². The molecule has 1 aliphatic rings. The van der Waals surface area contributed by atoms with Crippen LogP contribution in [0.1, 0.15) is 29.8 Å². The number of nitrogens with zero attached hydrogens (tertiary/aromatic N) is 3. The van der Waals surface area contributed by atoms with Crippen molar-refractivity contribution in [3.8, 4) is 11.5 Å². The minimum absolute atomic E-state index is 0.199. The fraction of sp³-hybridized carbons (Fsp3) is 0.286. The number of ether oxygens (including phenoxy) is 1. The van der Waals surface area contributed by atoms with Gasteiger partial charge in [-0.25, -0.2) is 9.37 Å². The van der Waals surface area contributed by atoms with Crippen LogP contribution in [0.15, 0.2) is 71.9 Å². The van der Waals surface area contributed by atoms with E-state index in [1.54, 1.807) is 30.1 Å². The molecule has 1 aromatic carbocycles. The maximum atomic E-state index is 13.3. The number of nitrogens with one attached hydrogen (secondary N) is 3. The highest BCUT2D eigenvalue weighted by Gasteiger charge is 2.38. The Balaban J connectivity index is 1.36. The molecule has 3 heterocycles. The lowest BCUT2D eigenvalue weighted by molar-refractivity contribution is -0.114. The molecule has 0 atom stereocenters. The molecule has 1 aliphatic heterocycles. The van der Waals surface area contributed by atoms with E-state index in [2.05, 4.69) is 27.2 Å². The number of amides is 2. The molecule has 2 amide bonds. The van der Waals surface area contributed by atoms with Gasteiger partial charge in [0.15, 0.2) is 0 Å². The van der Waals surface area contributed by atoms with Crippen molar-refractivity contribution in [2.75, 3.05) is 32.0 Å². The third kappa shape index (κ3) is 6.50. The van der Waals surface area contributed by atoms with Gasteiger partial charge in [-0.1, -0.05) is 6.58 Å². The fourth-order valence-electron chi connectivity index (χ4n) is 4.38. The highest BCUT2D eigenvalue weighted by molar-refractivity contribution is 6.02. The van der Waals surface area contributed by atoms with Gasteiger partial charge in [0.25, 0.3) is 17.4 Å². The van der Waals surface area contributed by atoms with Gasteiger partial charge in [-0.05, 0) is 63.4 Å². The normalized spacial score (nSPS) is 14.6. The number of piperazine rings is 1. The van der Waals surface area contributed by atoms with Gasteiger partial charge in [-0.2, -0.15) is 0 Å². The van der Waals surface area contributed by atoms with Gasteiger partial charge in [0, 0.05) is 37.9 Å². The van der Waals surface area contributed by atoms with Crippen molar-refractivity contribution in [1.29, 1.82) is 0 Å². The van der Waals surface area contributed by atoms with Crippen LogP contribution in [0.4, 0.5) is 10.2 Å². The standard InChI is InChI=1S/C28H31FN6O4/c1-18(25(36)33-24-10-9-23(16-31-24)39-22-7-5-21(29)6-8-22)34-11-12-35(28(2,3)17-34)27(38)20-13-19(14-30-4)26(37)32-15-20/h5-10,13,15-16,30H,1,11-12,14,17H2,2-4H3,(H,32,37)(H,31,33,36). The van der Waals surface area contributed by atoms with E-state index in [-0.39, 0.29) is 23.0 Å². The largest absolute Gasteiger partial charge is 0.456 e. The second-order valence-corrected chi connectivity index (χ2v) is 9.80. The van der Waals surface area contributed by atoms with Gasteiger partial charge in [0.05, 0.1) is 23.0 Å². The maximum Gasteiger partial charge on any atom is 0.272 e. The number of halogens is 1. The fourth-order valence-corrected chi connectivity index (χ4v) is 4.38. The summed E-state index contributed by atoms with van der Waals surface area (Å²) in [6.45, 7) is 9.32. The number of carbonyl (C=O) groups excluding carboxylic acids is 2. The Hall–Kier alpha value is -4.51. The molecule has 4 rings (SSSR count). The summed E-state index contributed by atoms with van der Waals surface area (Å²) in [4.78, 5) is 48.7. The van der Waals surface area contributed by atoms with Crippen molar-refractivity contribution in [3.05, 3.63) is 94.4 Å². The van der Waals surface area contributed by atoms with Gasteiger partial charge in [0.1, 0.15) is 23.1 Å². The SMILES string of the molecule is C=C(C(=O)Nc1ccc(Oc2ccc(F)cc2)cn1)N1CCN(C(=O)c2c[nH]c(=O)c(CNC)c2)C(C)(C)C1. The van der Waals surface area contributed by atoms with E-state index in [1.165, 1.54) is 36.7 Å². The second-order valence-electron chi connectivity index (χ2n) is 9.80. The quantitative estimate of drug-likeness (QED) is 0.380. The van der Waals surface area contributed by atoms with Crippen LogP contribution in [-0.2, 0) is 11.3 Å². The summed E-state index contributed by atoms with van der Waals surface area (Å²) in [6, 6.07) is 10.4. The summed E-state index contributed by atoms with van der Waals surface area (Å²) < 4.78 is 18.7. The Morgan fingerprint density at radius 2 is 1.87 bits per heavy atom. The van der Waals surface area contributed by atoms with E-state index in [0.717, 1.165) is 0 Å². The monoisotopic (exact) mass is 534 g/mol. The van der Waals surface area contributed by atoms with Gasteiger partial charge in [-0.15, -0.1) is 0 Å². The van der Waals surface area contributed by atoms with Crippen molar-refractivity contribution >= 4 is 17.6 Å². The summed E-state index contributed by atoms with van der Waals surface area (Å²) in [6.07, 6.45) is 2.88. The zero-order valence-corrected chi connectivity index (χ0v) is 22.1. The number of rotatable bonds is 8. The zero-order valence-electron chi connectivity index (χ0n) is 22.1. The average Bonchev–Trinajstić information content (AvgIpc) is 2.91. The average molecular weight is 535 g/mol. The predicted molar refractivity (Wildman–Crippen MR) is 145 cm³/mol. The molecule has 0 aliphatic carbocycles. The number of hydrogen-bond donors (Lipinski definition) is 3. The first-order valence-corrected chi connectivity index (χ1v) is 12.4. The van der Waals surface area contributed by atoms with E-state index in [1.807, 2.05) is 18.7 Å². The van der Waals surface area contributed by atoms with Crippen LogP contribution in [0.3, 0.4) is 0 Å². The number of H-pyrrole nitrogens is 1. The molecule has 2 aromatic heterocycles. The molecule has 1 saturated heterocycles. The smallest absolute Gasteiger partial charge is 0.272 e. The lowest BCUT2D eigenvalue weighted by Gasteiger charge is -2.48. The summed E-state index contributed by atoms with van der Waals surface area (Å²) in [7, 11) is 1.73. The number of anilines is 1. The number of aromatic nitrogens is 2. The van der Waals surface area contributed by atoms with E-state index in [4.69, 9.17) is 4.74 Å². The third-order valence-electron chi connectivity index (χ3n) is 6.41. The van der Waals surface area contributed by atoms with Crippen LogP contribution in [-0.4, -0.2) is 63.8 Å². The Kier molecular flexibility index (Phi) is 8.10. The molecule has 1 fully saturated rings. The summed E-state index contributed by atoms with van der Waals surface area (Å²) in [5.41, 5.74) is 0.278. The summed E-state index contributed by atoms with van der Waals surface area (Å²) >= 11 is 0. The third-order valence-corrected chi connectivity index (χ3v) is 6.41. The number of hydrogen-bond acceptors (Lipinski definition) is 7. The van der Waals surface area contributed by atoms with Crippen LogP contribution in [0.2, 0.25) is 0 Å². The van der Waals surface area contributed by atoms with Crippen molar-refractivity contribution in [2.45, 2.75) is 25.9 Å². The van der Waals surface area contributed by atoms with Crippen LogP contribution in [0.25, 0.3) is 0 Å². The summed E-state index contributed by atoms with van der Waals surface area (Å²) in [5, 5.41) is 5.66. The van der Waals surface area contributed by atoms with Crippen molar-refractivity contribution in [2.24, 2.45) is 0 Å². The van der Waals surface area contributed by atoms with Gasteiger partial charge < -0.3 is 30.2 Å². The zero-order chi connectivity index (χ0) is 28.2. The van der Waals surface area contributed by atoms with Crippen LogP contribution >= 0.6 is 0 Å². The van der Waals surface area contributed by atoms with E-state index >= 15 is 0 Å². The molecule has 39 heavy (non-hydrogen) atoms. The lowest BCUT2D eigenvalue weighted by Crippen LogP contribution is -2.61. The van der Waals surface area contributed by atoms with Crippen LogP contribution in [0.5, 0.6) is 11.5 Å². The molecule has 0 saturated carbocycles. The summed E-state index contributed by atoms with van der Waals surface area (Å²) in [5.74, 6) is 0.237. The van der Waals surface area contributed by atoms with Crippen molar-refractivity contribution < 1.29 is 18.7 Å². The first-order chi connectivity index (χ1) is 18.6. The first kappa shape index (κ1) is 27.5. The Bertz CT molecular complexity index is 1420. The number of pyridine rings is 2. The Labute approximate surface area is 225 Å². The van der Waals surface area contributed by atoms with Crippen LogP contribution < -0.4 is 20.9 Å². The second kappa shape index (κ2) is 11.5. The van der Waals surface area contributed by atoms with Gasteiger partial charge in [0.2, 0.25) is 0 Å². The Morgan fingerprint density at radius 3 is 2.51 bits per heavy atom. The van der Waals surface area contributed by atoms with Gasteiger partial charge in [-0.3, -0.25) is 14.4 Å². The Morgan fingerprint density at radius 1 is 1.15 bits per heavy atom. The lowest BCUT2D eigenvalue weighted by atomic mass is 9.97. The molecular weight excluding hydrogens is 503 g/mol. The molecule has 0 spiro atoms. The molecule has 3 N–H and O–H groups in total. The number of aromatic amines is 1. The number of carbonyl (C=O) groups is 2. The van der Waals surface area contributed by atoms with E-state index in [0.29, 0.717) is 54.6 Å². The number of benzene rings is 1. The highest BCUT2D eigenvalue weighted by Crippen LogP contribution is 2.26. The minimum Gasteiger partial charge on any atom is -0.456 e. The molecule has 0 radical (unpaired) electrons. The molecule has 11 heteroatoms. The molecule has 0 unspecified atom stereocenters.